The van der Waals surface area contributed by atoms with Crippen LogP contribution < -0.4 is 10.1 Å². The summed E-state index contributed by atoms with van der Waals surface area (Å²) < 4.78 is 10.1. The molecule has 2 amide bonds. The normalized spacial score (nSPS) is 23.0. The zero-order valence-electron chi connectivity index (χ0n) is 15.3. The van der Waals surface area contributed by atoms with E-state index in [-0.39, 0.29) is 23.6 Å². The summed E-state index contributed by atoms with van der Waals surface area (Å²) in [5.41, 5.74) is -2.39. The first-order chi connectivity index (χ1) is 13.7. The number of nitrogens with zero attached hydrogens (tertiary/aromatic N) is 1. The van der Waals surface area contributed by atoms with Gasteiger partial charge in [0.1, 0.15) is 23.4 Å². The second kappa shape index (κ2) is 8.13. The number of carboxylic acid groups (broad SMARTS) is 1. The number of carbonyl (C=O) groups excluding carboxylic acids is 3. The van der Waals surface area contributed by atoms with Gasteiger partial charge in [0.25, 0.3) is 17.5 Å². The monoisotopic (exact) mass is 422 g/mol. The second-order valence-corrected chi connectivity index (χ2v) is 7.36. The molecule has 0 aliphatic carbocycles. The Morgan fingerprint density at radius 3 is 2.62 bits per heavy atom. The van der Waals surface area contributed by atoms with E-state index >= 15 is 0 Å². The molecule has 2 atom stereocenters. The molecule has 154 valence electrons. The number of carbonyl (C=O) groups is 4. The van der Waals surface area contributed by atoms with Crippen molar-refractivity contribution in [3.63, 3.8) is 0 Å². The predicted octanol–water partition coefficient (Wildman–Crippen LogP) is -0.313. The summed E-state index contributed by atoms with van der Waals surface area (Å²) in [5, 5.41) is 21.3. The highest BCUT2D eigenvalue weighted by molar-refractivity contribution is 8.00. The lowest BCUT2D eigenvalue weighted by Crippen LogP contribution is -2.80. The number of carboxylic acids is 1. The van der Waals surface area contributed by atoms with Crippen molar-refractivity contribution < 1.29 is 38.9 Å². The fraction of sp³-hybridized carbons (Fsp3) is 0.333. The third kappa shape index (κ3) is 4.05. The molecule has 2 aliphatic heterocycles. The number of ether oxygens (including phenoxy) is 2. The van der Waals surface area contributed by atoms with Crippen molar-refractivity contribution >= 4 is 35.5 Å². The van der Waals surface area contributed by atoms with Crippen LogP contribution in [-0.4, -0.2) is 68.9 Å². The number of amides is 2. The Morgan fingerprint density at radius 1 is 1.31 bits per heavy atom. The molecule has 10 nitrogen and oxygen atoms in total. The van der Waals surface area contributed by atoms with Crippen LogP contribution in [0.15, 0.2) is 41.6 Å². The first kappa shape index (κ1) is 20.7. The van der Waals surface area contributed by atoms with Crippen molar-refractivity contribution in [2.45, 2.75) is 18.0 Å². The first-order valence-electron chi connectivity index (χ1n) is 8.49. The van der Waals surface area contributed by atoms with E-state index in [9.17, 15) is 29.4 Å². The molecule has 0 spiro atoms. The molecule has 0 saturated carbocycles. The molecular formula is C18H18N2O8S. The molecule has 1 saturated heterocycles. The molecule has 0 aromatic heterocycles. The maximum atomic E-state index is 12.5. The Morgan fingerprint density at radius 2 is 2.00 bits per heavy atom. The van der Waals surface area contributed by atoms with E-state index in [1.165, 1.54) is 6.92 Å². The molecule has 1 fully saturated rings. The third-order valence-corrected chi connectivity index (χ3v) is 5.61. The highest BCUT2D eigenvalue weighted by atomic mass is 32.2. The molecular weight excluding hydrogens is 404 g/mol. The summed E-state index contributed by atoms with van der Waals surface area (Å²) in [5.74, 6) is -3.17. The van der Waals surface area contributed by atoms with Gasteiger partial charge in [0.05, 0.1) is 0 Å². The van der Waals surface area contributed by atoms with Gasteiger partial charge in [-0.1, -0.05) is 18.2 Å². The van der Waals surface area contributed by atoms with Gasteiger partial charge in [-0.15, -0.1) is 11.8 Å². The van der Waals surface area contributed by atoms with Gasteiger partial charge >= 0.3 is 11.9 Å². The van der Waals surface area contributed by atoms with Crippen LogP contribution in [0, 0.1) is 0 Å². The zero-order valence-corrected chi connectivity index (χ0v) is 16.1. The van der Waals surface area contributed by atoms with Crippen LogP contribution >= 0.6 is 11.8 Å². The largest absolute Gasteiger partial charge is 0.484 e. The van der Waals surface area contributed by atoms with Gasteiger partial charge in [-0.05, 0) is 12.1 Å². The summed E-state index contributed by atoms with van der Waals surface area (Å²) in [6.07, 6.45) is 0. The quantitative estimate of drug-likeness (QED) is 0.306. The van der Waals surface area contributed by atoms with E-state index in [1.807, 2.05) is 0 Å². The summed E-state index contributed by atoms with van der Waals surface area (Å²) in [6, 6.07) is 8.51. The van der Waals surface area contributed by atoms with E-state index in [0.717, 1.165) is 16.7 Å². The number of aliphatic carboxylic acids is 1. The van der Waals surface area contributed by atoms with Crippen molar-refractivity contribution in [3.8, 4) is 5.75 Å². The van der Waals surface area contributed by atoms with Crippen LogP contribution in [0.25, 0.3) is 0 Å². The topological polar surface area (TPSA) is 142 Å². The van der Waals surface area contributed by atoms with Crippen molar-refractivity contribution in [2.24, 2.45) is 0 Å². The Balaban J connectivity index is 1.69. The lowest BCUT2D eigenvalue weighted by Gasteiger charge is -2.54. The number of hydrogen-bond donors (Lipinski definition) is 3. The van der Waals surface area contributed by atoms with Gasteiger partial charge in [-0.25, -0.2) is 4.79 Å². The van der Waals surface area contributed by atoms with Crippen LogP contribution in [0.2, 0.25) is 0 Å². The highest BCUT2D eigenvalue weighted by Gasteiger charge is 2.65. The minimum Gasteiger partial charge on any atom is -0.484 e. The van der Waals surface area contributed by atoms with Crippen LogP contribution in [0.4, 0.5) is 0 Å². The van der Waals surface area contributed by atoms with Gasteiger partial charge < -0.3 is 25.0 Å². The van der Waals surface area contributed by atoms with E-state index in [1.54, 1.807) is 30.3 Å². The average Bonchev–Trinajstić information content (AvgIpc) is 2.70. The van der Waals surface area contributed by atoms with Crippen LogP contribution in [0.1, 0.15) is 6.92 Å². The summed E-state index contributed by atoms with van der Waals surface area (Å²) in [4.78, 5) is 48.2. The fourth-order valence-electron chi connectivity index (χ4n) is 2.93. The fourth-order valence-corrected chi connectivity index (χ4v) is 4.26. The molecule has 2 aliphatic rings. The minimum atomic E-state index is -2.25. The van der Waals surface area contributed by atoms with Crippen molar-refractivity contribution in [3.05, 3.63) is 41.6 Å². The molecule has 29 heavy (non-hydrogen) atoms. The summed E-state index contributed by atoms with van der Waals surface area (Å²) in [6.45, 7) is 0.465. The number of aliphatic hydroxyl groups is 1. The first-order valence-corrected chi connectivity index (χ1v) is 9.54. The van der Waals surface area contributed by atoms with E-state index in [0.29, 0.717) is 5.75 Å². The van der Waals surface area contributed by atoms with Crippen LogP contribution in [0.3, 0.4) is 0 Å². The van der Waals surface area contributed by atoms with Crippen molar-refractivity contribution in [1.29, 1.82) is 0 Å². The molecule has 0 bridgehead atoms. The maximum Gasteiger partial charge on any atom is 0.352 e. The smallest absolute Gasteiger partial charge is 0.352 e. The molecule has 2 heterocycles. The summed E-state index contributed by atoms with van der Waals surface area (Å²) in [7, 11) is 0. The van der Waals surface area contributed by atoms with E-state index < -0.39 is 41.5 Å². The Kier molecular flexibility index (Phi) is 5.80. The Bertz CT molecular complexity index is 887. The van der Waals surface area contributed by atoms with Gasteiger partial charge in [0, 0.05) is 18.2 Å². The number of hydrogen-bond acceptors (Lipinski definition) is 8. The molecule has 0 unspecified atom stereocenters. The van der Waals surface area contributed by atoms with E-state index in [2.05, 4.69) is 5.32 Å². The molecule has 1 aromatic rings. The maximum absolute atomic E-state index is 12.5. The number of rotatable bonds is 7. The molecule has 3 N–H and O–H groups in total. The SMILES string of the molecule is CC(=O)OCC1=C(C(=O)O)N2C(=O)[C@](O)(NC(=O)COc3ccccc3)[C@H]2SC1. The molecule has 0 radical (unpaired) electrons. The third-order valence-electron chi connectivity index (χ3n) is 4.22. The van der Waals surface area contributed by atoms with Crippen molar-refractivity contribution in [1.82, 2.24) is 10.2 Å². The highest BCUT2D eigenvalue weighted by Crippen LogP contribution is 2.44. The number of esters is 1. The van der Waals surface area contributed by atoms with Gasteiger partial charge in [-0.3, -0.25) is 19.3 Å². The number of benzene rings is 1. The standard InChI is InChI=1S/C18H18N2O8S/c1-10(21)27-7-11-9-29-17-18(26,16(25)20(17)14(11)15(23)24)19-13(22)8-28-12-5-3-2-4-6-12/h2-6,17,26H,7-9H2,1H3,(H,19,22)(H,23,24)/t17-,18-/m1/s1. The number of para-hydroxylation sites is 1. The van der Waals surface area contributed by atoms with Crippen molar-refractivity contribution in [2.75, 3.05) is 19.0 Å². The Hall–Kier alpha value is -3.05. The van der Waals surface area contributed by atoms with Gasteiger partial charge in [0.2, 0.25) is 0 Å². The molecule has 1 aromatic carbocycles. The molecule has 11 heteroatoms. The van der Waals surface area contributed by atoms with E-state index in [4.69, 9.17) is 9.47 Å². The van der Waals surface area contributed by atoms with Gasteiger partial charge in [0.15, 0.2) is 6.61 Å². The number of fused-ring (bicyclic) bond motifs is 1. The van der Waals surface area contributed by atoms with Crippen LogP contribution in [0.5, 0.6) is 5.75 Å². The Labute approximate surface area is 169 Å². The molecule has 3 rings (SSSR count). The summed E-state index contributed by atoms with van der Waals surface area (Å²) >= 11 is 1.05. The van der Waals surface area contributed by atoms with Gasteiger partial charge in [-0.2, -0.15) is 0 Å². The number of thioether (sulfide) groups is 1. The lowest BCUT2D eigenvalue weighted by atomic mass is 9.98. The predicted molar refractivity (Wildman–Crippen MR) is 99.4 cm³/mol. The number of β-lactam (4-membered cyclic amide) rings is 1. The lowest BCUT2D eigenvalue weighted by molar-refractivity contribution is -0.186. The average molecular weight is 422 g/mol. The van der Waals surface area contributed by atoms with Crippen LogP contribution in [-0.2, 0) is 23.9 Å². The second-order valence-electron chi connectivity index (χ2n) is 6.29. The zero-order chi connectivity index (χ0) is 21.2. The number of nitrogens with one attached hydrogen (secondary N) is 1. The minimum absolute atomic E-state index is 0.0993.